The number of nitrogens with one attached hydrogen (secondary N) is 2. The standard InChI is InChI=1S/C21H18N2O2/c1-15(24)22-19-8-5-9-20(14-19)23-21(25)18-12-10-17(11-13-18)16-6-3-2-4-7-16/h2-14H,1H3,(H,22,24)(H,23,25). The Morgan fingerprint density at radius 2 is 1.28 bits per heavy atom. The minimum absolute atomic E-state index is 0.153. The summed E-state index contributed by atoms with van der Waals surface area (Å²) in [5.41, 5.74) is 4.01. The minimum atomic E-state index is -0.195. The molecule has 2 amide bonds. The second kappa shape index (κ2) is 7.45. The highest BCUT2D eigenvalue weighted by Gasteiger charge is 2.07. The van der Waals surface area contributed by atoms with Crippen molar-refractivity contribution in [2.24, 2.45) is 0 Å². The quantitative estimate of drug-likeness (QED) is 0.736. The zero-order valence-electron chi connectivity index (χ0n) is 13.8. The van der Waals surface area contributed by atoms with Crippen LogP contribution in [-0.2, 0) is 4.79 Å². The van der Waals surface area contributed by atoms with Gasteiger partial charge < -0.3 is 10.6 Å². The summed E-state index contributed by atoms with van der Waals surface area (Å²) in [6.45, 7) is 1.44. The molecule has 4 nitrogen and oxygen atoms in total. The maximum Gasteiger partial charge on any atom is 0.255 e. The summed E-state index contributed by atoms with van der Waals surface area (Å²) >= 11 is 0. The smallest absolute Gasteiger partial charge is 0.255 e. The Balaban J connectivity index is 1.72. The fraction of sp³-hybridized carbons (Fsp3) is 0.0476. The molecule has 0 radical (unpaired) electrons. The molecule has 0 unspecified atom stereocenters. The fourth-order valence-corrected chi connectivity index (χ4v) is 2.53. The zero-order valence-corrected chi connectivity index (χ0v) is 13.8. The molecule has 25 heavy (non-hydrogen) atoms. The van der Waals surface area contributed by atoms with Gasteiger partial charge in [0.15, 0.2) is 0 Å². The molecule has 4 heteroatoms. The SMILES string of the molecule is CC(=O)Nc1cccc(NC(=O)c2ccc(-c3ccccc3)cc2)c1. The predicted octanol–water partition coefficient (Wildman–Crippen LogP) is 4.56. The largest absolute Gasteiger partial charge is 0.326 e. The lowest BCUT2D eigenvalue weighted by atomic mass is 10.0. The molecule has 0 heterocycles. The van der Waals surface area contributed by atoms with Crippen LogP contribution in [0.15, 0.2) is 78.9 Å². The van der Waals surface area contributed by atoms with Crippen LogP contribution in [0.2, 0.25) is 0 Å². The first-order valence-corrected chi connectivity index (χ1v) is 7.96. The molecule has 0 aliphatic carbocycles. The molecule has 0 aromatic heterocycles. The van der Waals surface area contributed by atoms with Gasteiger partial charge in [-0.3, -0.25) is 9.59 Å². The van der Waals surface area contributed by atoms with E-state index >= 15 is 0 Å². The highest BCUT2D eigenvalue weighted by molar-refractivity contribution is 6.04. The van der Waals surface area contributed by atoms with Gasteiger partial charge >= 0.3 is 0 Å². The van der Waals surface area contributed by atoms with Gasteiger partial charge in [-0.05, 0) is 41.5 Å². The molecule has 0 spiro atoms. The molecule has 3 aromatic rings. The molecule has 0 bridgehead atoms. The molecule has 3 aromatic carbocycles. The summed E-state index contributed by atoms with van der Waals surface area (Å²) in [4.78, 5) is 23.5. The maximum absolute atomic E-state index is 12.4. The van der Waals surface area contributed by atoms with Crippen molar-refractivity contribution in [3.63, 3.8) is 0 Å². The molecule has 0 atom stereocenters. The van der Waals surface area contributed by atoms with Gasteiger partial charge in [0.25, 0.3) is 5.91 Å². The van der Waals surface area contributed by atoms with Crippen molar-refractivity contribution in [2.75, 3.05) is 10.6 Å². The zero-order chi connectivity index (χ0) is 17.6. The number of hydrogen-bond donors (Lipinski definition) is 2. The molecular weight excluding hydrogens is 312 g/mol. The Morgan fingerprint density at radius 3 is 1.92 bits per heavy atom. The van der Waals surface area contributed by atoms with Crippen molar-refractivity contribution in [2.45, 2.75) is 6.92 Å². The van der Waals surface area contributed by atoms with E-state index in [-0.39, 0.29) is 11.8 Å². The van der Waals surface area contributed by atoms with Gasteiger partial charge in [-0.25, -0.2) is 0 Å². The molecule has 2 N–H and O–H groups in total. The van der Waals surface area contributed by atoms with Crippen LogP contribution in [0.5, 0.6) is 0 Å². The number of anilines is 2. The molecule has 0 saturated carbocycles. The lowest BCUT2D eigenvalue weighted by Crippen LogP contribution is -2.12. The van der Waals surface area contributed by atoms with Crippen LogP contribution in [0.3, 0.4) is 0 Å². The summed E-state index contributed by atoms with van der Waals surface area (Å²) < 4.78 is 0. The third-order valence-electron chi connectivity index (χ3n) is 3.70. The summed E-state index contributed by atoms with van der Waals surface area (Å²) in [6, 6.07) is 24.5. The van der Waals surface area contributed by atoms with Crippen LogP contribution in [-0.4, -0.2) is 11.8 Å². The molecule has 0 saturated heterocycles. The monoisotopic (exact) mass is 330 g/mol. The maximum atomic E-state index is 12.4. The van der Waals surface area contributed by atoms with Crippen molar-refractivity contribution in [1.29, 1.82) is 0 Å². The number of carbonyl (C=O) groups is 2. The van der Waals surface area contributed by atoms with E-state index in [1.165, 1.54) is 6.92 Å². The minimum Gasteiger partial charge on any atom is -0.326 e. The van der Waals surface area contributed by atoms with E-state index in [4.69, 9.17) is 0 Å². The van der Waals surface area contributed by atoms with E-state index in [2.05, 4.69) is 10.6 Å². The van der Waals surface area contributed by atoms with Crippen molar-refractivity contribution in [3.05, 3.63) is 84.4 Å². The van der Waals surface area contributed by atoms with Crippen LogP contribution in [0, 0.1) is 0 Å². The van der Waals surface area contributed by atoms with Crippen molar-refractivity contribution in [1.82, 2.24) is 0 Å². The first kappa shape index (κ1) is 16.5. The summed E-state index contributed by atoms with van der Waals surface area (Å²) in [6.07, 6.45) is 0. The second-order valence-corrected chi connectivity index (χ2v) is 5.66. The van der Waals surface area contributed by atoms with Crippen LogP contribution < -0.4 is 10.6 Å². The first-order valence-electron chi connectivity index (χ1n) is 7.96. The van der Waals surface area contributed by atoms with E-state index in [1.54, 1.807) is 36.4 Å². The van der Waals surface area contributed by atoms with E-state index in [1.807, 2.05) is 42.5 Å². The number of hydrogen-bond acceptors (Lipinski definition) is 2. The number of amides is 2. The average Bonchev–Trinajstić information content (AvgIpc) is 2.62. The van der Waals surface area contributed by atoms with E-state index in [0.717, 1.165) is 11.1 Å². The third kappa shape index (κ3) is 4.32. The van der Waals surface area contributed by atoms with Gasteiger partial charge in [-0.15, -0.1) is 0 Å². The Morgan fingerprint density at radius 1 is 0.680 bits per heavy atom. The summed E-state index contributed by atoms with van der Waals surface area (Å²) in [5.74, 6) is -0.348. The average molecular weight is 330 g/mol. The van der Waals surface area contributed by atoms with Crippen molar-refractivity contribution >= 4 is 23.2 Å². The van der Waals surface area contributed by atoms with Gasteiger partial charge in [0.2, 0.25) is 5.91 Å². The van der Waals surface area contributed by atoms with E-state index in [9.17, 15) is 9.59 Å². The third-order valence-corrected chi connectivity index (χ3v) is 3.70. The van der Waals surface area contributed by atoms with Crippen LogP contribution in [0.4, 0.5) is 11.4 Å². The van der Waals surface area contributed by atoms with Crippen LogP contribution >= 0.6 is 0 Å². The van der Waals surface area contributed by atoms with Gasteiger partial charge in [-0.2, -0.15) is 0 Å². The number of benzene rings is 3. The van der Waals surface area contributed by atoms with Crippen molar-refractivity contribution < 1.29 is 9.59 Å². The van der Waals surface area contributed by atoms with Crippen LogP contribution in [0.25, 0.3) is 11.1 Å². The molecule has 0 aliphatic heterocycles. The second-order valence-electron chi connectivity index (χ2n) is 5.66. The fourth-order valence-electron chi connectivity index (χ4n) is 2.53. The highest BCUT2D eigenvalue weighted by Crippen LogP contribution is 2.20. The van der Waals surface area contributed by atoms with E-state index in [0.29, 0.717) is 16.9 Å². The number of rotatable bonds is 4. The highest BCUT2D eigenvalue weighted by atomic mass is 16.2. The lowest BCUT2D eigenvalue weighted by molar-refractivity contribution is -0.114. The molecule has 124 valence electrons. The molecular formula is C21H18N2O2. The van der Waals surface area contributed by atoms with Gasteiger partial charge in [0.1, 0.15) is 0 Å². The topological polar surface area (TPSA) is 58.2 Å². The van der Waals surface area contributed by atoms with Gasteiger partial charge in [0.05, 0.1) is 0 Å². The molecule has 0 aliphatic rings. The Labute approximate surface area is 146 Å². The van der Waals surface area contributed by atoms with Gasteiger partial charge in [0, 0.05) is 23.9 Å². The normalized spacial score (nSPS) is 10.1. The lowest BCUT2D eigenvalue weighted by Gasteiger charge is -2.08. The molecule has 0 fully saturated rings. The Kier molecular flexibility index (Phi) is 4.90. The number of carbonyl (C=O) groups excluding carboxylic acids is 2. The van der Waals surface area contributed by atoms with Gasteiger partial charge in [-0.1, -0.05) is 48.5 Å². The molecule has 3 rings (SSSR count). The van der Waals surface area contributed by atoms with E-state index < -0.39 is 0 Å². The first-order chi connectivity index (χ1) is 12.1. The Hall–Kier alpha value is -3.40. The van der Waals surface area contributed by atoms with Crippen molar-refractivity contribution in [3.8, 4) is 11.1 Å². The summed E-state index contributed by atoms with van der Waals surface area (Å²) in [5, 5.41) is 5.53. The summed E-state index contributed by atoms with van der Waals surface area (Å²) in [7, 11) is 0. The van der Waals surface area contributed by atoms with Crippen LogP contribution in [0.1, 0.15) is 17.3 Å². The predicted molar refractivity (Wildman–Crippen MR) is 101 cm³/mol. The Bertz CT molecular complexity index is 887.